The molecular weight excluding hydrogens is 412 g/mol. The van der Waals surface area contributed by atoms with Gasteiger partial charge in [0, 0.05) is 17.5 Å². The second kappa shape index (κ2) is 9.60. The van der Waals surface area contributed by atoms with Gasteiger partial charge in [0.1, 0.15) is 5.01 Å². The van der Waals surface area contributed by atoms with Gasteiger partial charge in [-0.3, -0.25) is 9.69 Å². The minimum Gasteiger partial charge on any atom is -0.298 e. The van der Waals surface area contributed by atoms with Crippen LogP contribution in [0.25, 0.3) is 32.3 Å². The first kappa shape index (κ1) is 20.8. The van der Waals surface area contributed by atoms with Crippen LogP contribution < -0.4 is 0 Å². The van der Waals surface area contributed by atoms with Gasteiger partial charge in [-0.25, -0.2) is 4.98 Å². The van der Waals surface area contributed by atoms with Crippen molar-refractivity contribution in [3.05, 3.63) is 90.5 Å². The molecule has 4 aromatic rings. The lowest BCUT2D eigenvalue weighted by molar-refractivity contribution is -0.119. The highest BCUT2D eigenvalue weighted by Crippen LogP contribution is 2.40. The molecule has 0 saturated carbocycles. The number of ketones is 1. The van der Waals surface area contributed by atoms with Crippen LogP contribution in [0, 0.1) is 0 Å². The molecule has 0 N–H and O–H groups in total. The monoisotopic (exact) mass is 438 g/mol. The SMILES string of the molecule is O=C(Cc1ccc(-c2nc(-c3ccccc3)c(-c3ccccc3)s2)cc1)CN1CCCC1. The highest BCUT2D eigenvalue weighted by Gasteiger charge is 2.17. The Kier molecular flexibility index (Phi) is 6.24. The fraction of sp³-hybridized carbons (Fsp3) is 0.214. The number of nitrogens with zero attached hydrogens (tertiary/aromatic N) is 2. The van der Waals surface area contributed by atoms with E-state index in [0.717, 1.165) is 40.5 Å². The fourth-order valence-corrected chi connectivity index (χ4v) is 5.36. The molecule has 0 bridgehead atoms. The third-order valence-corrected chi connectivity index (χ3v) is 7.06. The molecule has 160 valence electrons. The van der Waals surface area contributed by atoms with E-state index in [1.54, 1.807) is 11.3 Å². The fourth-order valence-electron chi connectivity index (χ4n) is 4.26. The summed E-state index contributed by atoms with van der Waals surface area (Å²) >= 11 is 1.72. The van der Waals surface area contributed by atoms with Crippen molar-refractivity contribution in [2.24, 2.45) is 0 Å². The number of benzene rings is 3. The molecule has 32 heavy (non-hydrogen) atoms. The summed E-state index contributed by atoms with van der Waals surface area (Å²) in [7, 11) is 0. The zero-order chi connectivity index (χ0) is 21.8. The predicted octanol–water partition coefficient (Wildman–Crippen LogP) is 6.35. The maximum absolute atomic E-state index is 12.4. The van der Waals surface area contributed by atoms with Crippen LogP contribution >= 0.6 is 11.3 Å². The molecule has 1 fully saturated rings. The van der Waals surface area contributed by atoms with Gasteiger partial charge >= 0.3 is 0 Å². The normalized spacial score (nSPS) is 14.0. The quantitative estimate of drug-likeness (QED) is 0.337. The molecule has 0 amide bonds. The van der Waals surface area contributed by atoms with E-state index in [4.69, 9.17) is 4.98 Å². The average molecular weight is 439 g/mol. The molecule has 1 aromatic heterocycles. The Morgan fingerprint density at radius 2 is 1.41 bits per heavy atom. The highest BCUT2D eigenvalue weighted by molar-refractivity contribution is 7.19. The standard InChI is InChI=1S/C28H26N2OS/c31-25(20-30-17-7-8-18-30)19-21-13-15-24(16-14-21)28-29-26(22-9-3-1-4-10-22)27(32-28)23-11-5-2-6-12-23/h1-6,9-16H,7-8,17-20H2. The van der Waals surface area contributed by atoms with Crippen molar-refractivity contribution in [1.29, 1.82) is 0 Å². The van der Waals surface area contributed by atoms with E-state index in [9.17, 15) is 4.79 Å². The molecule has 0 unspecified atom stereocenters. The van der Waals surface area contributed by atoms with E-state index in [0.29, 0.717) is 18.7 Å². The van der Waals surface area contributed by atoms with E-state index in [-0.39, 0.29) is 0 Å². The van der Waals surface area contributed by atoms with Crippen molar-refractivity contribution in [3.8, 4) is 32.3 Å². The van der Waals surface area contributed by atoms with Crippen molar-refractivity contribution < 1.29 is 4.79 Å². The maximum Gasteiger partial charge on any atom is 0.151 e. The summed E-state index contributed by atoms with van der Waals surface area (Å²) in [5.74, 6) is 0.298. The topological polar surface area (TPSA) is 33.2 Å². The molecule has 3 aromatic carbocycles. The smallest absolute Gasteiger partial charge is 0.151 e. The molecule has 3 nitrogen and oxygen atoms in total. The molecule has 5 rings (SSSR count). The zero-order valence-corrected chi connectivity index (χ0v) is 18.9. The number of rotatable bonds is 7. The third kappa shape index (κ3) is 4.72. The Morgan fingerprint density at radius 3 is 2.06 bits per heavy atom. The van der Waals surface area contributed by atoms with E-state index >= 15 is 0 Å². The van der Waals surface area contributed by atoms with Gasteiger partial charge in [-0.2, -0.15) is 0 Å². The zero-order valence-electron chi connectivity index (χ0n) is 18.0. The van der Waals surface area contributed by atoms with E-state index < -0.39 is 0 Å². The average Bonchev–Trinajstić information content (AvgIpc) is 3.51. The van der Waals surface area contributed by atoms with Gasteiger partial charge in [0.05, 0.1) is 17.1 Å². The Labute approximate surface area is 193 Å². The van der Waals surface area contributed by atoms with Crippen molar-refractivity contribution >= 4 is 17.1 Å². The number of hydrogen-bond acceptors (Lipinski definition) is 4. The predicted molar refractivity (Wildman–Crippen MR) is 133 cm³/mol. The Hall–Kier alpha value is -3.08. The van der Waals surface area contributed by atoms with Gasteiger partial charge in [0.15, 0.2) is 5.78 Å². The first-order valence-corrected chi connectivity index (χ1v) is 12.0. The lowest BCUT2D eigenvalue weighted by atomic mass is 10.1. The molecule has 0 spiro atoms. The Bertz CT molecular complexity index is 1120. The van der Waals surface area contributed by atoms with Gasteiger partial charge in [-0.05, 0) is 37.1 Å². The van der Waals surface area contributed by atoms with Crippen LogP contribution in [0.2, 0.25) is 0 Å². The minimum absolute atomic E-state index is 0.298. The van der Waals surface area contributed by atoms with Crippen LogP contribution in [-0.2, 0) is 11.2 Å². The first-order chi connectivity index (χ1) is 15.8. The second-order valence-electron chi connectivity index (χ2n) is 8.32. The Balaban J connectivity index is 1.39. The Morgan fingerprint density at radius 1 is 0.781 bits per heavy atom. The number of Topliss-reactive ketones (excluding diaryl/α,β-unsaturated/α-hetero) is 1. The van der Waals surface area contributed by atoms with Crippen molar-refractivity contribution in [2.45, 2.75) is 19.3 Å². The number of carbonyl (C=O) groups excluding carboxylic acids is 1. The van der Waals surface area contributed by atoms with Crippen molar-refractivity contribution in [1.82, 2.24) is 9.88 Å². The number of aromatic nitrogens is 1. The van der Waals surface area contributed by atoms with Crippen LogP contribution in [0.3, 0.4) is 0 Å². The second-order valence-corrected chi connectivity index (χ2v) is 9.32. The summed E-state index contributed by atoms with van der Waals surface area (Å²) in [5, 5.41) is 0.998. The van der Waals surface area contributed by atoms with Crippen LogP contribution in [0.15, 0.2) is 84.9 Å². The molecule has 1 aliphatic heterocycles. The largest absolute Gasteiger partial charge is 0.298 e. The molecule has 0 aliphatic carbocycles. The summed E-state index contributed by atoms with van der Waals surface area (Å²) in [6.07, 6.45) is 2.93. The van der Waals surface area contributed by atoms with E-state index in [1.807, 2.05) is 12.1 Å². The van der Waals surface area contributed by atoms with Gasteiger partial charge in [-0.1, -0.05) is 84.9 Å². The number of thiazole rings is 1. The highest BCUT2D eigenvalue weighted by atomic mass is 32.1. The lowest BCUT2D eigenvalue weighted by Gasteiger charge is -2.13. The van der Waals surface area contributed by atoms with Crippen LogP contribution in [0.1, 0.15) is 18.4 Å². The van der Waals surface area contributed by atoms with Crippen LogP contribution in [0.4, 0.5) is 0 Å². The van der Waals surface area contributed by atoms with Crippen LogP contribution in [0.5, 0.6) is 0 Å². The molecule has 1 saturated heterocycles. The summed E-state index contributed by atoms with van der Waals surface area (Å²) in [5.41, 5.74) is 5.48. The summed E-state index contributed by atoms with van der Waals surface area (Å²) in [6, 6.07) is 29.1. The molecule has 1 aliphatic rings. The lowest BCUT2D eigenvalue weighted by Crippen LogP contribution is -2.27. The summed E-state index contributed by atoms with van der Waals surface area (Å²) in [6.45, 7) is 2.69. The third-order valence-electron chi connectivity index (χ3n) is 5.91. The molecule has 0 radical (unpaired) electrons. The van der Waals surface area contributed by atoms with Crippen molar-refractivity contribution in [3.63, 3.8) is 0 Å². The first-order valence-electron chi connectivity index (χ1n) is 11.2. The minimum atomic E-state index is 0.298. The number of hydrogen-bond donors (Lipinski definition) is 0. The molecule has 0 atom stereocenters. The molecule has 2 heterocycles. The molecule has 4 heteroatoms. The van der Waals surface area contributed by atoms with Gasteiger partial charge < -0.3 is 0 Å². The summed E-state index contributed by atoms with van der Waals surface area (Å²) < 4.78 is 0. The van der Waals surface area contributed by atoms with E-state index in [1.165, 1.54) is 23.3 Å². The van der Waals surface area contributed by atoms with Gasteiger partial charge in [0.2, 0.25) is 0 Å². The van der Waals surface area contributed by atoms with E-state index in [2.05, 4.69) is 77.7 Å². The van der Waals surface area contributed by atoms with Gasteiger partial charge in [-0.15, -0.1) is 11.3 Å². The maximum atomic E-state index is 12.4. The number of likely N-dealkylation sites (tertiary alicyclic amines) is 1. The molecular formula is C28H26N2OS. The van der Waals surface area contributed by atoms with Gasteiger partial charge in [0.25, 0.3) is 0 Å². The number of carbonyl (C=O) groups is 1. The summed E-state index contributed by atoms with van der Waals surface area (Å²) in [4.78, 5) is 20.9. The van der Waals surface area contributed by atoms with Crippen molar-refractivity contribution in [2.75, 3.05) is 19.6 Å². The van der Waals surface area contributed by atoms with Crippen LogP contribution in [-0.4, -0.2) is 35.3 Å².